The molecule has 2 N–H and O–H groups in total. The number of pyridine rings is 1. The second-order valence-electron chi connectivity index (χ2n) is 5.47. The van der Waals surface area contributed by atoms with E-state index < -0.39 is 0 Å². The van der Waals surface area contributed by atoms with Crippen LogP contribution in [0.3, 0.4) is 0 Å². The predicted molar refractivity (Wildman–Crippen MR) is 84.4 cm³/mol. The molecule has 3 rings (SSSR count). The molecule has 1 aromatic heterocycles. The van der Waals surface area contributed by atoms with E-state index in [1.807, 2.05) is 36.5 Å². The molecule has 1 aromatic carbocycles. The van der Waals surface area contributed by atoms with Gasteiger partial charge in [0.25, 0.3) is 0 Å². The van der Waals surface area contributed by atoms with E-state index in [0.29, 0.717) is 6.61 Å². The first-order valence-corrected chi connectivity index (χ1v) is 7.44. The van der Waals surface area contributed by atoms with Gasteiger partial charge >= 0.3 is 0 Å². The standard InChI is InChI=1S/C17H21N3O/c18-15-6-4-10-20(12-15)16-7-1-2-8-17(16)21-13-14-5-3-9-19-11-14/h1-3,5,7-9,11,15H,4,6,10,12-13,18H2. The van der Waals surface area contributed by atoms with Crippen molar-refractivity contribution in [2.24, 2.45) is 5.73 Å². The van der Waals surface area contributed by atoms with Crippen molar-refractivity contribution in [3.05, 3.63) is 54.4 Å². The van der Waals surface area contributed by atoms with Crippen LogP contribution in [0.1, 0.15) is 18.4 Å². The van der Waals surface area contributed by atoms with Crippen molar-refractivity contribution in [3.8, 4) is 5.75 Å². The van der Waals surface area contributed by atoms with Crippen molar-refractivity contribution in [1.82, 2.24) is 4.98 Å². The molecule has 0 amide bonds. The summed E-state index contributed by atoms with van der Waals surface area (Å²) in [5.74, 6) is 0.912. The molecule has 1 unspecified atom stereocenters. The van der Waals surface area contributed by atoms with E-state index in [1.54, 1.807) is 6.20 Å². The predicted octanol–water partition coefficient (Wildman–Crippen LogP) is 2.59. The van der Waals surface area contributed by atoms with Crippen molar-refractivity contribution < 1.29 is 4.74 Å². The summed E-state index contributed by atoms with van der Waals surface area (Å²) in [6, 6.07) is 12.4. The van der Waals surface area contributed by atoms with Crippen molar-refractivity contribution in [2.75, 3.05) is 18.0 Å². The number of nitrogens with zero attached hydrogens (tertiary/aromatic N) is 2. The van der Waals surface area contributed by atoms with E-state index in [0.717, 1.165) is 42.9 Å². The van der Waals surface area contributed by atoms with Gasteiger partial charge < -0.3 is 15.4 Å². The molecule has 110 valence electrons. The summed E-state index contributed by atoms with van der Waals surface area (Å²) in [6.07, 6.45) is 5.85. The minimum atomic E-state index is 0.255. The topological polar surface area (TPSA) is 51.4 Å². The van der Waals surface area contributed by atoms with Crippen molar-refractivity contribution in [3.63, 3.8) is 0 Å². The van der Waals surface area contributed by atoms with Crippen molar-refractivity contribution in [1.29, 1.82) is 0 Å². The normalized spacial score (nSPS) is 18.5. The second kappa shape index (κ2) is 6.59. The fourth-order valence-corrected chi connectivity index (χ4v) is 2.71. The Morgan fingerprint density at radius 1 is 1.24 bits per heavy atom. The Kier molecular flexibility index (Phi) is 4.36. The molecule has 21 heavy (non-hydrogen) atoms. The smallest absolute Gasteiger partial charge is 0.143 e. The first-order valence-electron chi connectivity index (χ1n) is 7.44. The highest BCUT2D eigenvalue weighted by molar-refractivity contribution is 5.58. The molecule has 0 spiro atoms. The Morgan fingerprint density at radius 3 is 2.95 bits per heavy atom. The molecule has 1 atom stereocenters. The third-order valence-electron chi connectivity index (χ3n) is 3.78. The lowest BCUT2D eigenvalue weighted by Crippen LogP contribution is -2.42. The van der Waals surface area contributed by atoms with Crippen molar-refractivity contribution >= 4 is 5.69 Å². The van der Waals surface area contributed by atoms with Gasteiger partial charge in [-0.25, -0.2) is 0 Å². The number of piperidine rings is 1. The number of anilines is 1. The van der Waals surface area contributed by atoms with E-state index in [-0.39, 0.29) is 6.04 Å². The van der Waals surface area contributed by atoms with Gasteiger partial charge in [-0.3, -0.25) is 4.98 Å². The maximum atomic E-state index is 6.09. The number of hydrogen-bond acceptors (Lipinski definition) is 4. The molecular weight excluding hydrogens is 262 g/mol. The van der Waals surface area contributed by atoms with E-state index >= 15 is 0 Å². The maximum absolute atomic E-state index is 6.09. The third kappa shape index (κ3) is 3.52. The largest absolute Gasteiger partial charge is 0.487 e. The van der Waals surface area contributed by atoms with Crippen LogP contribution in [0.15, 0.2) is 48.8 Å². The Labute approximate surface area is 125 Å². The zero-order valence-corrected chi connectivity index (χ0v) is 12.1. The summed E-state index contributed by atoms with van der Waals surface area (Å²) in [5, 5.41) is 0. The SMILES string of the molecule is NC1CCCN(c2ccccc2OCc2cccnc2)C1. The van der Waals surface area contributed by atoms with E-state index in [9.17, 15) is 0 Å². The fraction of sp³-hybridized carbons (Fsp3) is 0.353. The minimum absolute atomic E-state index is 0.255. The number of nitrogens with two attached hydrogens (primary N) is 1. The summed E-state index contributed by atoms with van der Waals surface area (Å²) in [4.78, 5) is 6.44. The van der Waals surface area contributed by atoms with Crippen LogP contribution >= 0.6 is 0 Å². The quantitative estimate of drug-likeness (QED) is 0.937. The van der Waals surface area contributed by atoms with E-state index in [4.69, 9.17) is 10.5 Å². The number of para-hydroxylation sites is 2. The lowest BCUT2D eigenvalue weighted by Gasteiger charge is -2.33. The number of rotatable bonds is 4. The molecule has 4 nitrogen and oxygen atoms in total. The summed E-state index contributed by atoms with van der Waals surface area (Å²) >= 11 is 0. The zero-order chi connectivity index (χ0) is 14.5. The van der Waals surface area contributed by atoms with Crippen LogP contribution in [0.4, 0.5) is 5.69 Å². The minimum Gasteiger partial charge on any atom is -0.487 e. The average molecular weight is 283 g/mol. The lowest BCUT2D eigenvalue weighted by atomic mass is 10.1. The molecule has 0 bridgehead atoms. The van der Waals surface area contributed by atoms with Crippen LogP contribution in [0.2, 0.25) is 0 Å². The highest BCUT2D eigenvalue weighted by Gasteiger charge is 2.19. The van der Waals surface area contributed by atoms with Crippen LogP contribution in [-0.4, -0.2) is 24.1 Å². The first-order chi connectivity index (χ1) is 10.3. The van der Waals surface area contributed by atoms with Crippen LogP contribution in [0, 0.1) is 0 Å². The van der Waals surface area contributed by atoms with Gasteiger partial charge in [0.15, 0.2) is 0 Å². The molecule has 1 aliphatic heterocycles. The number of benzene rings is 1. The zero-order valence-electron chi connectivity index (χ0n) is 12.1. The van der Waals surface area contributed by atoms with Gasteiger partial charge in [0, 0.05) is 37.1 Å². The highest BCUT2D eigenvalue weighted by atomic mass is 16.5. The Balaban J connectivity index is 1.73. The van der Waals surface area contributed by atoms with Gasteiger partial charge in [0.2, 0.25) is 0 Å². The fourth-order valence-electron chi connectivity index (χ4n) is 2.71. The molecule has 1 fully saturated rings. The van der Waals surface area contributed by atoms with Crippen LogP contribution < -0.4 is 15.4 Å². The highest BCUT2D eigenvalue weighted by Crippen LogP contribution is 2.30. The van der Waals surface area contributed by atoms with Gasteiger partial charge in [0.1, 0.15) is 12.4 Å². The maximum Gasteiger partial charge on any atom is 0.143 e. The lowest BCUT2D eigenvalue weighted by molar-refractivity contribution is 0.305. The molecule has 2 heterocycles. The molecule has 0 radical (unpaired) electrons. The third-order valence-corrected chi connectivity index (χ3v) is 3.78. The summed E-state index contributed by atoms with van der Waals surface area (Å²) in [5.41, 5.74) is 8.29. The van der Waals surface area contributed by atoms with Crippen LogP contribution in [-0.2, 0) is 6.61 Å². The molecule has 1 saturated heterocycles. The van der Waals surface area contributed by atoms with Crippen LogP contribution in [0.5, 0.6) is 5.75 Å². The average Bonchev–Trinajstić information content (AvgIpc) is 2.54. The molecule has 1 aliphatic rings. The second-order valence-corrected chi connectivity index (χ2v) is 5.47. The van der Waals surface area contributed by atoms with E-state index in [2.05, 4.69) is 16.0 Å². The van der Waals surface area contributed by atoms with Gasteiger partial charge in [-0.05, 0) is 31.0 Å². The molecule has 0 aliphatic carbocycles. The molecular formula is C17H21N3O. The van der Waals surface area contributed by atoms with E-state index in [1.165, 1.54) is 0 Å². The molecule has 0 saturated carbocycles. The van der Waals surface area contributed by atoms with Gasteiger partial charge in [0.05, 0.1) is 5.69 Å². The van der Waals surface area contributed by atoms with Gasteiger partial charge in [-0.2, -0.15) is 0 Å². The Morgan fingerprint density at radius 2 is 2.14 bits per heavy atom. The number of ether oxygens (including phenoxy) is 1. The molecule has 4 heteroatoms. The van der Waals surface area contributed by atoms with Gasteiger partial charge in [-0.15, -0.1) is 0 Å². The van der Waals surface area contributed by atoms with Gasteiger partial charge in [-0.1, -0.05) is 18.2 Å². The number of hydrogen-bond donors (Lipinski definition) is 1. The number of aromatic nitrogens is 1. The summed E-state index contributed by atoms with van der Waals surface area (Å²) in [7, 11) is 0. The Hall–Kier alpha value is -2.07. The first kappa shape index (κ1) is 13.9. The van der Waals surface area contributed by atoms with Crippen LogP contribution in [0.25, 0.3) is 0 Å². The summed E-state index contributed by atoms with van der Waals surface area (Å²) < 4.78 is 5.99. The summed E-state index contributed by atoms with van der Waals surface area (Å²) in [6.45, 7) is 2.47. The monoisotopic (exact) mass is 283 g/mol. The van der Waals surface area contributed by atoms with Crippen molar-refractivity contribution in [2.45, 2.75) is 25.5 Å². The Bertz CT molecular complexity index is 573. The molecule has 2 aromatic rings.